The highest BCUT2D eigenvalue weighted by atomic mass is 19.1. The van der Waals surface area contributed by atoms with E-state index in [4.69, 9.17) is 0 Å². The molecular formula is C17H14FNO. The van der Waals surface area contributed by atoms with Gasteiger partial charge in [-0.3, -0.25) is 4.79 Å². The van der Waals surface area contributed by atoms with Gasteiger partial charge in [-0.1, -0.05) is 36.4 Å². The van der Waals surface area contributed by atoms with Crippen molar-refractivity contribution in [2.45, 2.75) is 12.5 Å². The highest BCUT2D eigenvalue weighted by molar-refractivity contribution is 5.92. The summed E-state index contributed by atoms with van der Waals surface area (Å²) in [5.41, 5.74) is 1.50. The predicted molar refractivity (Wildman–Crippen MR) is 76.8 cm³/mol. The van der Waals surface area contributed by atoms with Crippen molar-refractivity contribution in [3.63, 3.8) is 0 Å². The van der Waals surface area contributed by atoms with Gasteiger partial charge in [-0.2, -0.15) is 0 Å². The van der Waals surface area contributed by atoms with Crippen molar-refractivity contribution >= 4 is 11.5 Å². The molecule has 1 aliphatic heterocycles. The maximum absolute atomic E-state index is 14.0. The molecule has 1 heterocycles. The molecule has 0 aromatic heterocycles. The number of benzene rings is 2. The topological polar surface area (TPSA) is 20.3 Å². The van der Waals surface area contributed by atoms with Gasteiger partial charge in [0.15, 0.2) is 5.78 Å². The van der Waals surface area contributed by atoms with Crippen LogP contribution in [0.1, 0.15) is 18.0 Å². The SMILES string of the molecule is O=C1C=CN(c2ccccc2)C(c2ccccc2F)C1. The molecule has 0 N–H and O–H groups in total. The summed E-state index contributed by atoms with van der Waals surface area (Å²) in [7, 11) is 0. The molecule has 1 atom stereocenters. The van der Waals surface area contributed by atoms with Crippen LogP contribution in [0.2, 0.25) is 0 Å². The summed E-state index contributed by atoms with van der Waals surface area (Å²) in [6.45, 7) is 0. The van der Waals surface area contributed by atoms with E-state index in [-0.39, 0.29) is 24.1 Å². The van der Waals surface area contributed by atoms with Crippen LogP contribution in [0.15, 0.2) is 66.9 Å². The lowest BCUT2D eigenvalue weighted by molar-refractivity contribution is -0.115. The van der Waals surface area contributed by atoms with Gasteiger partial charge in [0.25, 0.3) is 0 Å². The van der Waals surface area contributed by atoms with E-state index < -0.39 is 0 Å². The van der Waals surface area contributed by atoms with E-state index >= 15 is 0 Å². The van der Waals surface area contributed by atoms with Gasteiger partial charge in [0.2, 0.25) is 0 Å². The number of anilines is 1. The van der Waals surface area contributed by atoms with Crippen molar-refractivity contribution in [2.24, 2.45) is 0 Å². The number of carbonyl (C=O) groups is 1. The smallest absolute Gasteiger partial charge is 0.159 e. The molecule has 3 heteroatoms. The molecular weight excluding hydrogens is 253 g/mol. The first-order valence-electron chi connectivity index (χ1n) is 6.54. The Morgan fingerprint density at radius 3 is 2.45 bits per heavy atom. The summed E-state index contributed by atoms with van der Waals surface area (Å²) >= 11 is 0. The number of hydrogen-bond donors (Lipinski definition) is 0. The van der Waals surface area contributed by atoms with Crippen molar-refractivity contribution < 1.29 is 9.18 Å². The van der Waals surface area contributed by atoms with Crippen LogP contribution in [0.4, 0.5) is 10.1 Å². The normalized spacial score (nSPS) is 18.4. The standard InChI is InChI=1S/C17H14FNO/c18-16-9-5-4-8-15(16)17-12-14(20)10-11-19(17)13-6-2-1-3-7-13/h1-11,17H,12H2. The van der Waals surface area contributed by atoms with Crippen molar-refractivity contribution in [3.8, 4) is 0 Å². The maximum Gasteiger partial charge on any atom is 0.159 e. The average Bonchev–Trinajstić information content (AvgIpc) is 2.48. The van der Waals surface area contributed by atoms with Gasteiger partial charge in [-0.25, -0.2) is 4.39 Å². The van der Waals surface area contributed by atoms with E-state index in [9.17, 15) is 9.18 Å². The van der Waals surface area contributed by atoms with Crippen molar-refractivity contribution in [2.75, 3.05) is 4.90 Å². The molecule has 0 fully saturated rings. The molecule has 0 saturated heterocycles. The third-order valence-electron chi connectivity index (χ3n) is 3.47. The van der Waals surface area contributed by atoms with Crippen LogP contribution in [0.3, 0.4) is 0 Å². The van der Waals surface area contributed by atoms with Gasteiger partial charge >= 0.3 is 0 Å². The summed E-state index contributed by atoms with van der Waals surface area (Å²) in [6.07, 6.45) is 3.56. The highest BCUT2D eigenvalue weighted by Crippen LogP contribution is 2.34. The lowest BCUT2D eigenvalue weighted by atomic mass is 9.96. The van der Waals surface area contributed by atoms with Crippen LogP contribution >= 0.6 is 0 Å². The third kappa shape index (κ3) is 2.35. The van der Waals surface area contributed by atoms with Crippen molar-refractivity contribution in [1.82, 2.24) is 0 Å². The summed E-state index contributed by atoms with van der Waals surface area (Å²) in [6, 6.07) is 16.0. The minimum atomic E-state index is -0.295. The first-order valence-corrected chi connectivity index (χ1v) is 6.54. The number of nitrogens with zero attached hydrogens (tertiary/aromatic N) is 1. The van der Waals surface area contributed by atoms with E-state index in [1.54, 1.807) is 30.5 Å². The van der Waals surface area contributed by atoms with E-state index in [2.05, 4.69) is 0 Å². The van der Waals surface area contributed by atoms with Crippen LogP contribution in [-0.4, -0.2) is 5.78 Å². The second-order valence-electron chi connectivity index (χ2n) is 4.77. The fourth-order valence-electron chi connectivity index (χ4n) is 2.50. The maximum atomic E-state index is 14.0. The summed E-state index contributed by atoms with van der Waals surface area (Å²) in [5.74, 6) is -0.257. The molecule has 1 unspecified atom stereocenters. The Kier molecular flexibility index (Phi) is 3.33. The van der Waals surface area contributed by atoms with Crippen molar-refractivity contribution in [3.05, 3.63) is 78.3 Å². The zero-order valence-corrected chi connectivity index (χ0v) is 10.9. The Labute approximate surface area is 117 Å². The van der Waals surface area contributed by atoms with Gasteiger partial charge in [0.05, 0.1) is 6.04 Å². The fraction of sp³-hybridized carbons (Fsp3) is 0.118. The molecule has 2 aromatic rings. The van der Waals surface area contributed by atoms with Crippen LogP contribution in [0.5, 0.6) is 0 Å². The van der Waals surface area contributed by atoms with E-state index in [1.165, 1.54) is 6.07 Å². The molecule has 3 rings (SSSR count). The predicted octanol–water partition coefficient (Wildman–Crippen LogP) is 3.86. The Morgan fingerprint density at radius 1 is 1.00 bits per heavy atom. The Bertz CT molecular complexity index is 651. The monoisotopic (exact) mass is 267 g/mol. The van der Waals surface area contributed by atoms with Gasteiger partial charge in [-0.15, -0.1) is 0 Å². The van der Waals surface area contributed by atoms with Gasteiger partial charge < -0.3 is 4.90 Å². The minimum absolute atomic E-state index is 0.0189. The fourth-order valence-corrected chi connectivity index (χ4v) is 2.50. The first kappa shape index (κ1) is 12.6. The number of hydrogen-bond acceptors (Lipinski definition) is 2. The van der Waals surface area contributed by atoms with Gasteiger partial charge in [-0.05, 0) is 24.3 Å². The number of allylic oxidation sites excluding steroid dienone is 1. The Morgan fingerprint density at radius 2 is 1.70 bits per heavy atom. The lowest BCUT2D eigenvalue weighted by Gasteiger charge is -2.33. The second kappa shape index (κ2) is 5.29. The largest absolute Gasteiger partial charge is 0.340 e. The zero-order chi connectivity index (χ0) is 13.9. The highest BCUT2D eigenvalue weighted by Gasteiger charge is 2.27. The summed E-state index contributed by atoms with van der Waals surface area (Å²) < 4.78 is 14.0. The second-order valence-corrected chi connectivity index (χ2v) is 4.77. The van der Waals surface area contributed by atoms with Crippen LogP contribution < -0.4 is 4.90 Å². The molecule has 100 valence electrons. The van der Waals surface area contributed by atoms with Crippen LogP contribution in [0.25, 0.3) is 0 Å². The molecule has 0 spiro atoms. The quantitative estimate of drug-likeness (QED) is 0.823. The van der Waals surface area contributed by atoms with E-state index in [1.807, 2.05) is 35.2 Å². The minimum Gasteiger partial charge on any atom is -0.340 e. The molecule has 0 amide bonds. The zero-order valence-electron chi connectivity index (χ0n) is 10.9. The van der Waals surface area contributed by atoms with Crippen LogP contribution in [-0.2, 0) is 4.79 Å². The molecule has 0 bridgehead atoms. The molecule has 20 heavy (non-hydrogen) atoms. The number of rotatable bonds is 2. The van der Waals surface area contributed by atoms with Crippen molar-refractivity contribution in [1.29, 1.82) is 0 Å². The number of para-hydroxylation sites is 1. The number of ketones is 1. The van der Waals surface area contributed by atoms with E-state index in [0.717, 1.165) is 5.69 Å². The third-order valence-corrected chi connectivity index (χ3v) is 3.47. The molecule has 2 aromatic carbocycles. The average molecular weight is 267 g/mol. The van der Waals surface area contributed by atoms with Gasteiger partial charge in [0.1, 0.15) is 5.82 Å². The first-order chi connectivity index (χ1) is 9.75. The Balaban J connectivity index is 2.05. The van der Waals surface area contributed by atoms with Crippen LogP contribution in [0, 0.1) is 5.82 Å². The number of carbonyl (C=O) groups excluding carboxylic acids is 1. The van der Waals surface area contributed by atoms with E-state index in [0.29, 0.717) is 5.56 Å². The molecule has 1 aliphatic rings. The molecule has 0 saturated carbocycles. The lowest BCUT2D eigenvalue weighted by Crippen LogP contribution is -2.29. The molecule has 0 aliphatic carbocycles. The summed E-state index contributed by atoms with van der Waals surface area (Å²) in [5, 5.41) is 0. The molecule has 2 nitrogen and oxygen atoms in total. The summed E-state index contributed by atoms with van der Waals surface area (Å²) in [4.78, 5) is 13.6. The van der Waals surface area contributed by atoms with Gasteiger partial charge in [0, 0.05) is 23.9 Å². The number of halogens is 1. The molecule has 0 radical (unpaired) electrons. The Hall–Kier alpha value is -2.42.